The summed E-state index contributed by atoms with van der Waals surface area (Å²) in [6.07, 6.45) is 0.716. The maximum absolute atomic E-state index is 12.8. The Morgan fingerprint density at radius 2 is 2.05 bits per heavy atom. The first-order valence-electron chi connectivity index (χ1n) is 6.86. The topological polar surface area (TPSA) is 75.4 Å². The van der Waals surface area contributed by atoms with Crippen molar-refractivity contribution in [1.82, 2.24) is 5.32 Å². The van der Waals surface area contributed by atoms with Gasteiger partial charge in [0.25, 0.3) is 0 Å². The number of nitrogens with zero attached hydrogens (tertiary/aromatic N) is 1. The van der Waals surface area contributed by atoms with Crippen LogP contribution in [0.3, 0.4) is 0 Å². The number of hydrogen-bond acceptors (Lipinski definition) is 2. The van der Waals surface area contributed by atoms with Crippen LogP contribution in [0, 0.1) is 5.41 Å². The first kappa shape index (κ1) is 15.6. The predicted molar refractivity (Wildman–Crippen MR) is 83.5 cm³/mol. The molecule has 1 aromatic carbocycles. The number of halogens is 1. The van der Waals surface area contributed by atoms with Crippen molar-refractivity contribution in [3.05, 3.63) is 28.8 Å². The molecule has 6 heteroatoms. The monoisotopic (exact) mass is 309 g/mol. The summed E-state index contributed by atoms with van der Waals surface area (Å²) >= 11 is 6.17. The highest BCUT2D eigenvalue weighted by Gasteiger charge is 2.38. The summed E-state index contributed by atoms with van der Waals surface area (Å²) in [7, 11) is 0. The number of urea groups is 1. The minimum atomic E-state index is -0.700. The molecule has 1 atom stereocenters. The molecule has 3 amide bonds. The number of nitrogens with two attached hydrogens (primary N) is 1. The number of amides is 3. The van der Waals surface area contributed by atoms with Crippen molar-refractivity contribution < 1.29 is 9.59 Å². The summed E-state index contributed by atoms with van der Waals surface area (Å²) in [6, 6.07) is 4.13. The fourth-order valence-corrected chi connectivity index (χ4v) is 2.83. The molecule has 1 aliphatic heterocycles. The molecule has 0 saturated carbocycles. The first-order valence-corrected chi connectivity index (χ1v) is 7.24. The third-order valence-electron chi connectivity index (χ3n) is 3.64. The fraction of sp³-hybridized carbons (Fsp3) is 0.467. The fourth-order valence-electron chi connectivity index (χ4n) is 2.57. The van der Waals surface area contributed by atoms with Crippen LogP contribution in [0.5, 0.6) is 0 Å². The number of benzene rings is 1. The lowest BCUT2D eigenvalue weighted by Crippen LogP contribution is -2.55. The summed E-state index contributed by atoms with van der Waals surface area (Å²) in [6.45, 7) is 6.23. The van der Waals surface area contributed by atoms with Crippen LogP contribution in [0.15, 0.2) is 18.2 Å². The van der Waals surface area contributed by atoms with E-state index in [1.807, 2.05) is 39.0 Å². The minimum absolute atomic E-state index is 0.165. The number of carbonyl (C=O) groups is 2. The largest absolute Gasteiger partial charge is 0.352 e. The van der Waals surface area contributed by atoms with Gasteiger partial charge in [-0.2, -0.15) is 0 Å². The van der Waals surface area contributed by atoms with E-state index in [0.29, 0.717) is 18.0 Å². The number of rotatable bonds is 2. The maximum atomic E-state index is 12.8. The maximum Gasteiger partial charge on any atom is 0.312 e. The first-order chi connectivity index (χ1) is 9.71. The van der Waals surface area contributed by atoms with Crippen molar-refractivity contribution in [2.24, 2.45) is 11.1 Å². The molecule has 1 aliphatic rings. The van der Waals surface area contributed by atoms with Crippen LogP contribution in [0.1, 0.15) is 26.3 Å². The third-order valence-corrected chi connectivity index (χ3v) is 3.99. The Morgan fingerprint density at radius 3 is 2.62 bits per heavy atom. The molecule has 5 nitrogen and oxygen atoms in total. The molecule has 0 radical (unpaired) electrons. The van der Waals surface area contributed by atoms with Crippen molar-refractivity contribution in [2.45, 2.75) is 33.2 Å². The zero-order valence-corrected chi connectivity index (χ0v) is 13.2. The molecule has 0 fully saturated rings. The molecule has 0 bridgehead atoms. The molecule has 114 valence electrons. The summed E-state index contributed by atoms with van der Waals surface area (Å²) in [5.41, 5.74) is 6.55. The molecule has 3 N–H and O–H groups in total. The standard InChI is InChI=1S/C15H20ClN3O2/c1-15(2,3)12(18-14(17)21)13(20)19-8-7-9-10(16)5-4-6-11(9)19/h4-6,12H,7-8H2,1-3H3,(H3,17,18,21)/t12-/m0/s1. The smallest absolute Gasteiger partial charge is 0.312 e. The van der Waals surface area contributed by atoms with Crippen molar-refractivity contribution in [1.29, 1.82) is 0 Å². The van der Waals surface area contributed by atoms with E-state index in [9.17, 15) is 9.59 Å². The van der Waals surface area contributed by atoms with Crippen molar-refractivity contribution in [3.63, 3.8) is 0 Å². The molecular formula is C15H20ClN3O2. The Hall–Kier alpha value is -1.75. The lowest BCUT2D eigenvalue weighted by Gasteiger charge is -2.33. The highest BCUT2D eigenvalue weighted by Crippen LogP contribution is 2.35. The minimum Gasteiger partial charge on any atom is -0.352 e. The molecule has 21 heavy (non-hydrogen) atoms. The second kappa shape index (κ2) is 5.56. The van der Waals surface area contributed by atoms with E-state index in [1.165, 1.54) is 0 Å². The van der Waals surface area contributed by atoms with Crippen LogP contribution in [0.2, 0.25) is 5.02 Å². The summed E-state index contributed by atoms with van der Waals surface area (Å²) < 4.78 is 0. The van der Waals surface area contributed by atoms with Crippen LogP contribution >= 0.6 is 11.6 Å². The number of anilines is 1. The quantitative estimate of drug-likeness (QED) is 0.879. The van der Waals surface area contributed by atoms with Gasteiger partial charge in [0.05, 0.1) is 0 Å². The second-order valence-corrected chi connectivity index (χ2v) is 6.69. The predicted octanol–water partition coefficient (Wildman–Crippen LogP) is 2.31. The van der Waals surface area contributed by atoms with Gasteiger partial charge in [0.2, 0.25) is 5.91 Å². The Morgan fingerprint density at radius 1 is 1.38 bits per heavy atom. The summed E-state index contributed by atoms with van der Waals surface area (Å²) in [5.74, 6) is -0.165. The molecule has 0 unspecified atom stereocenters. The average molecular weight is 310 g/mol. The van der Waals surface area contributed by atoms with E-state index in [0.717, 1.165) is 11.3 Å². The van der Waals surface area contributed by atoms with Crippen molar-refractivity contribution in [2.75, 3.05) is 11.4 Å². The van der Waals surface area contributed by atoms with Crippen LogP contribution in [-0.4, -0.2) is 24.5 Å². The van der Waals surface area contributed by atoms with Crippen LogP contribution in [0.4, 0.5) is 10.5 Å². The van der Waals surface area contributed by atoms with Crippen molar-refractivity contribution in [3.8, 4) is 0 Å². The molecule has 0 aromatic heterocycles. The zero-order valence-electron chi connectivity index (χ0n) is 12.4. The van der Waals surface area contributed by atoms with E-state index < -0.39 is 17.5 Å². The second-order valence-electron chi connectivity index (χ2n) is 6.29. The molecule has 1 heterocycles. The van der Waals surface area contributed by atoms with E-state index in [1.54, 1.807) is 4.90 Å². The number of hydrogen-bond donors (Lipinski definition) is 2. The SMILES string of the molecule is CC(C)(C)[C@@H](NC(N)=O)C(=O)N1CCc2c(Cl)cccc21. The number of primary amides is 1. The van der Waals surface area contributed by atoms with Gasteiger partial charge in [-0.3, -0.25) is 4.79 Å². The van der Waals surface area contributed by atoms with Gasteiger partial charge in [-0.05, 0) is 29.5 Å². The van der Waals surface area contributed by atoms with Gasteiger partial charge in [-0.1, -0.05) is 38.4 Å². The Bertz CT molecular complexity index is 581. The molecule has 1 aromatic rings. The van der Waals surface area contributed by atoms with Gasteiger partial charge in [-0.15, -0.1) is 0 Å². The van der Waals surface area contributed by atoms with Gasteiger partial charge < -0.3 is 16.0 Å². The lowest BCUT2D eigenvalue weighted by atomic mass is 9.86. The highest BCUT2D eigenvalue weighted by atomic mass is 35.5. The summed E-state index contributed by atoms with van der Waals surface area (Å²) in [4.78, 5) is 25.7. The van der Waals surface area contributed by atoms with E-state index in [2.05, 4.69) is 5.32 Å². The third kappa shape index (κ3) is 3.13. The Kier molecular flexibility index (Phi) is 4.14. The van der Waals surface area contributed by atoms with Gasteiger partial charge >= 0.3 is 6.03 Å². The number of fused-ring (bicyclic) bond motifs is 1. The average Bonchev–Trinajstić information content (AvgIpc) is 2.79. The summed E-state index contributed by atoms with van der Waals surface area (Å²) in [5, 5.41) is 3.22. The Labute approximate surface area is 129 Å². The molecule has 0 aliphatic carbocycles. The van der Waals surface area contributed by atoms with Gasteiger partial charge in [0.1, 0.15) is 6.04 Å². The van der Waals surface area contributed by atoms with Crippen LogP contribution in [0.25, 0.3) is 0 Å². The zero-order chi connectivity index (χ0) is 15.8. The normalized spacial score (nSPS) is 15.5. The van der Waals surface area contributed by atoms with E-state index in [4.69, 9.17) is 17.3 Å². The van der Waals surface area contributed by atoms with Gasteiger partial charge in [0.15, 0.2) is 0 Å². The number of nitrogens with one attached hydrogen (secondary N) is 1. The Balaban J connectivity index is 2.32. The van der Waals surface area contributed by atoms with Gasteiger partial charge in [-0.25, -0.2) is 4.79 Å². The van der Waals surface area contributed by atoms with Gasteiger partial charge in [0, 0.05) is 17.3 Å². The number of carbonyl (C=O) groups excluding carboxylic acids is 2. The van der Waals surface area contributed by atoms with Crippen LogP contribution in [-0.2, 0) is 11.2 Å². The van der Waals surface area contributed by atoms with Crippen LogP contribution < -0.4 is 16.0 Å². The lowest BCUT2D eigenvalue weighted by molar-refractivity contribution is -0.122. The molecule has 0 saturated heterocycles. The van der Waals surface area contributed by atoms with E-state index in [-0.39, 0.29) is 5.91 Å². The highest BCUT2D eigenvalue weighted by molar-refractivity contribution is 6.32. The molecular weight excluding hydrogens is 290 g/mol. The van der Waals surface area contributed by atoms with E-state index >= 15 is 0 Å². The molecule has 2 rings (SSSR count). The van der Waals surface area contributed by atoms with Crippen molar-refractivity contribution >= 4 is 29.2 Å². The molecule has 0 spiro atoms.